The number of thiophene rings is 1. The first kappa shape index (κ1) is 28.6. The van der Waals surface area contributed by atoms with Gasteiger partial charge in [-0.05, 0) is 50.8 Å². The van der Waals surface area contributed by atoms with Crippen molar-refractivity contribution < 1.29 is 38.1 Å². The number of hydrogen-bond donors (Lipinski definition) is 0. The van der Waals surface area contributed by atoms with Crippen molar-refractivity contribution >= 4 is 29.2 Å². The van der Waals surface area contributed by atoms with Crippen LogP contribution in [-0.4, -0.2) is 49.9 Å². The molecule has 0 saturated carbocycles. The normalized spacial score (nSPS) is 17.4. The fourth-order valence-electron chi connectivity index (χ4n) is 3.86. The average Bonchev–Trinajstić information content (AvgIpc) is 3.56. The maximum atomic E-state index is 12.3. The minimum absolute atomic E-state index is 0.170. The van der Waals surface area contributed by atoms with Crippen LogP contribution in [0.15, 0.2) is 49.1 Å². The van der Waals surface area contributed by atoms with Crippen LogP contribution in [0.5, 0.6) is 0 Å². The van der Waals surface area contributed by atoms with Crippen LogP contribution in [0.3, 0.4) is 0 Å². The van der Waals surface area contributed by atoms with Gasteiger partial charge in [-0.2, -0.15) is 0 Å². The van der Waals surface area contributed by atoms with Gasteiger partial charge < -0.3 is 23.7 Å². The third kappa shape index (κ3) is 8.24. The van der Waals surface area contributed by atoms with E-state index in [0.717, 1.165) is 42.5 Å². The van der Waals surface area contributed by atoms with E-state index in [2.05, 4.69) is 18.7 Å². The van der Waals surface area contributed by atoms with E-state index in [0.29, 0.717) is 12.2 Å². The van der Waals surface area contributed by atoms with Crippen molar-refractivity contribution in [2.45, 2.75) is 64.4 Å². The van der Waals surface area contributed by atoms with Crippen LogP contribution < -0.4 is 0 Å². The van der Waals surface area contributed by atoms with Gasteiger partial charge in [0.25, 0.3) is 0 Å². The second kappa shape index (κ2) is 14.7. The molecule has 2 aromatic rings. The largest absolute Gasteiger partial charge is 0.464 e. The van der Waals surface area contributed by atoms with Gasteiger partial charge in [-0.25, -0.2) is 14.4 Å². The topological polar surface area (TPSA) is 97.4 Å². The van der Waals surface area contributed by atoms with Gasteiger partial charge in [0, 0.05) is 21.4 Å². The van der Waals surface area contributed by atoms with Crippen molar-refractivity contribution in [1.29, 1.82) is 0 Å². The Morgan fingerprint density at radius 3 is 2.08 bits per heavy atom. The lowest BCUT2D eigenvalue weighted by Crippen LogP contribution is -2.39. The lowest BCUT2D eigenvalue weighted by atomic mass is 10.1. The number of unbranched alkanes of at least 4 members (excludes halogenated alkanes) is 3. The molecule has 1 aromatic carbocycles. The number of carbonyl (C=O) groups excluding carboxylic acids is 3. The van der Waals surface area contributed by atoms with Gasteiger partial charge in [-0.3, -0.25) is 0 Å². The molecule has 200 valence electrons. The summed E-state index contributed by atoms with van der Waals surface area (Å²) in [5.41, 5.74) is 1.76. The molecule has 1 aliphatic heterocycles. The monoisotopic (exact) mass is 530 g/mol. The summed E-state index contributed by atoms with van der Waals surface area (Å²) in [5.74, 6) is -1.67. The highest BCUT2D eigenvalue weighted by Gasteiger charge is 2.47. The fraction of sp³-hybridized carbons (Fsp3) is 0.464. The van der Waals surface area contributed by atoms with Gasteiger partial charge in [-0.1, -0.05) is 43.7 Å². The Morgan fingerprint density at radius 1 is 0.865 bits per heavy atom. The van der Waals surface area contributed by atoms with Crippen molar-refractivity contribution in [3.63, 3.8) is 0 Å². The van der Waals surface area contributed by atoms with E-state index in [-0.39, 0.29) is 19.2 Å². The first-order valence-electron chi connectivity index (χ1n) is 12.6. The SMILES string of the molecule is C=CC(=O)OCCCCCCc1ccc(-c2ccc(C3O[C@@H](C(=O)OCC)[C@H](C(=O)OCC)O3)cc2)s1. The lowest BCUT2D eigenvalue weighted by molar-refractivity contribution is -0.163. The van der Waals surface area contributed by atoms with Crippen molar-refractivity contribution in [3.05, 3.63) is 59.5 Å². The highest BCUT2D eigenvalue weighted by atomic mass is 32.1. The second-order valence-corrected chi connectivity index (χ2v) is 9.54. The Kier molecular flexibility index (Phi) is 11.3. The minimum atomic E-state index is -1.18. The van der Waals surface area contributed by atoms with Crippen molar-refractivity contribution in [1.82, 2.24) is 0 Å². The molecule has 0 radical (unpaired) electrons. The Hall–Kier alpha value is -3.01. The van der Waals surface area contributed by atoms with Crippen LogP contribution in [0.2, 0.25) is 0 Å². The standard InChI is InChI=1S/C28H34O8S/c1-4-23(29)34-18-10-8-7-9-11-21-16-17-22(37-21)19-12-14-20(15-13-19)28-35-24(26(30)32-5-2)25(36-28)27(31)33-6-3/h4,12-17,24-25,28H,1,5-11,18H2,2-3H3/t24-,25-/m1/s1. The van der Waals surface area contributed by atoms with E-state index in [4.69, 9.17) is 23.7 Å². The molecular weight excluding hydrogens is 496 g/mol. The van der Waals surface area contributed by atoms with E-state index in [1.165, 1.54) is 11.0 Å². The molecule has 0 unspecified atom stereocenters. The number of benzene rings is 1. The summed E-state index contributed by atoms with van der Waals surface area (Å²) >= 11 is 1.75. The van der Waals surface area contributed by atoms with Crippen LogP contribution in [0.1, 0.15) is 56.3 Å². The predicted molar refractivity (Wildman–Crippen MR) is 139 cm³/mol. The summed E-state index contributed by atoms with van der Waals surface area (Å²) in [6.07, 6.45) is 2.99. The van der Waals surface area contributed by atoms with Gasteiger partial charge in [0.05, 0.1) is 19.8 Å². The first-order chi connectivity index (χ1) is 18.0. The van der Waals surface area contributed by atoms with Crippen molar-refractivity contribution in [2.24, 2.45) is 0 Å². The zero-order chi connectivity index (χ0) is 26.6. The van der Waals surface area contributed by atoms with Gasteiger partial charge in [0.15, 0.2) is 18.5 Å². The van der Waals surface area contributed by atoms with E-state index < -0.39 is 30.4 Å². The molecule has 0 amide bonds. The molecule has 2 atom stereocenters. The van der Waals surface area contributed by atoms with Crippen LogP contribution >= 0.6 is 11.3 Å². The van der Waals surface area contributed by atoms with Crippen LogP contribution in [0.25, 0.3) is 10.4 Å². The van der Waals surface area contributed by atoms with E-state index in [1.807, 2.05) is 24.3 Å². The molecule has 0 bridgehead atoms. The highest BCUT2D eigenvalue weighted by molar-refractivity contribution is 7.15. The third-order valence-electron chi connectivity index (χ3n) is 5.71. The van der Waals surface area contributed by atoms with Gasteiger partial charge in [0.1, 0.15) is 0 Å². The Balaban J connectivity index is 1.52. The first-order valence-corrected chi connectivity index (χ1v) is 13.4. The maximum Gasteiger partial charge on any atom is 0.338 e. The number of carbonyl (C=O) groups is 3. The van der Waals surface area contributed by atoms with E-state index in [9.17, 15) is 14.4 Å². The molecule has 0 N–H and O–H groups in total. The highest BCUT2D eigenvalue weighted by Crippen LogP contribution is 2.35. The summed E-state index contributed by atoms with van der Waals surface area (Å²) in [5, 5.41) is 0. The number of esters is 3. The Bertz CT molecular complexity index is 1020. The lowest BCUT2D eigenvalue weighted by Gasteiger charge is -2.13. The average molecular weight is 531 g/mol. The Labute approximate surface area is 221 Å². The minimum Gasteiger partial charge on any atom is -0.464 e. The molecule has 8 nitrogen and oxygen atoms in total. The number of hydrogen-bond acceptors (Lipinski definition) is 9. The van der Waals surface area contributed by atoms with Crippen molar-refractivity contribution in [3.8, 4) is 10.4 Å². The molecule has 1 fully saturated rings. The maximum absolute atomic E-state index is 12.3. The molecule has 9 heteroatoms. The number of aryl methyl sites for hydroxylation is 1. The molecule has 2 heterocycles. The molecule has 1 aromatic heterocycles. The van der Waals surface area contributed by atoms with Crippen LogP contribution in [0.4, 0.5) is 0 Å². The molecule has 1 aliphatic rings. The second-order valence-electron chi connectivity index (χ2n) is 8.37. The predicted octanol–water partition coefficient (Wildman–Crippen LogP) is 5.16. The summed E-state index contributed by atoms with van der Waals surface area (Å²) in [6.45, 7) is 7.53. The quantitative estimate of drug-likeness (QED) is 0.143. The Morgan fingerprint density at radius 2 is 1.49 bits per heavy atom. The van der Waals surface area contributed by atoms with Crippen LogP contribution in [0, 0.1) is 0 Å². The molecule has 0 aliphatic carbocycles. The van der Waals surface area contributed by atoms with Crippen LogP contribution in [-0.2, 0) is 44.5 Å². The third-order valence-corrected chi connectivity index (χ3v) is 6.90. The fourth-order valence-corrected chi connectivity index (χ4v) is 4.92. The van der Waals surface area contributed by atoms with E-state index >= 15 is 0 Å². The van der Waals surface area contributed by atoms with Gasteiger partial charge >= 0.3 is 17.9 Å². The van der Waals surface area contributed by atoms with Gasteiger partial charge in [0.2, 0.25) is 0 Å². The summed E-state index contributed by atoms with van der Waals surface area (Å²) in [7, 11) is 0. The molecule has 3 rings (SSSR count). The van der Waals surface area contributed by atoms with E-state index in [1.54, 1.807) is 25.2 Å². The van der Waals surface area contributed by atoms with Crippen molar-refractivity contribution in [2.75, 3.05) is 19.8 Å². The zero-order valence-corrected chi connectivity index (χ0v) is 22.1. The molecular formula is C28H34O8S. The summed E-state index contributed by atoms with van der Waals surface area (Å²) in [4.78, 5) is 38.1. The smallest absolute Gasteiger partial charge is 0.338 e. The summed E-state index contributed by atoms with van der Waals surface area (Å²) < 4.78 is 26.6. The number of rotatable bonds is 14. The molecule has 37 heavy (non-hydrogen) atoms. The number of ether oxygens (including phenoxy) is 5. The zero-order valence-electron chi connectivity index (χ0n) is 21.3. The summed E-state index contributed by atoms with van der Waals surface area (Å²) in [6, 6.07) is 11.9. The van der Waals surface area contributed by atoms with Gasteiger partial charge in [-0.15, -0.1) is 11.3 Å². The molecule has 0 spiro atoms. The molecule has 1 saturated heterocycles.